The van der Waals surface area contributed by atoms with Crippen molar-refractivity contribution in [3.05, 3.63) is 35.4 Å². The number of benzene rings is 1. The van der Waals surface area contributed by atoms with Crippen molar-refractivity contribution in [2.24, 2.45) is 0 Å². The molecule has 0 radical (unpaired) electrons. The normalized spacial score (nSPS) is 14.9. The molecule has 84 valence electrons. The largest absolute Gasteiger partial charge is 0.386 e. The number of aliphatic hydroxyl groups excluding tert-OH is 1. The first-order valence-corrected chi connectivity index (χ1v) is 5.49. The van der Waals surface area contributed by atoms with E-state index in [0.717, 1.165) is 18.4 Å². The lowest BCUT2D eigenvalue weighted by Crippen LogP contribution is -2.18. The van der Waals surface area contributed by atoms with Crippen LogP contribution in [0.15, 0.2) is 24.3 Å². The maximum Gasteiger partial charge on any atom is 0.105 e. The van der Waals surface area contributed by atoms with Crippen LogP contribution in [-0.4, -0.2) is 18.3 Å². The molecule has 1 N–H and O–H groups in total. The predicted molar refractivity (Wildman–Crippen MR) is 61.9 cm³/mol. The van der Waals surface area contributed by atoms with E-state index in [1.165, 1.54) is 5.56 Å². The summed E-state index contributed by atoms with van der Waals surface area (Å²) in [5.74, 6) is 0. The van der Waals surface area contributed by atoms with E-state index in [1.807, 2.05) is 25.1 Å². The van der Waals surface area contributed by atoms with Crippen molar-refractivity contribution in [3.63, 3.8) is 0 Å². The highest BCUT2D eigenvalue weighted by atomic mass is 16.5. The molecule has 1 rings (SSSR count). The zero-order valence-electron chi connectivity index (χ0n) is 9.73. The highest BCUT2D eigenvalue weighted by molar-refractivity contribution is 5.29. The van der Waals surface area contributed by atoms with Crippen molar-refractivity contribution in [3.8, 4) is 0 Å². The molecule has 0 amide bonds. The first-order valence-electron chi connectivity index (χ1n) is 5.49. The molecule has 2 heteroatoms. The van der Waals surface area contributed by atoms with Gasteiger partial charge >= 0.3 is 0 Å². The average molecular weight is 208 g/mol. The van der Waals surface area contributed by atoms with Crippen LogP contribution < -0.4 is 0 Å². The molecule has 2 atom stereocenters. The summed E-state index contributed by atoms with van der Waals surface area (Å²) >= 11 is 0. The van der Waals surface area contributed by atoms with Gasteiger partial charge in [-0.05, 0) is 24.5 Å². The minimum absolute atomic E-state index is 0.164. The Morgan fingerprint density at radius 1 is 1.33 bits per heavy atom. The average Bonchev–Trinajstić information content (AvgIpc) is 2.28. The molecule has 0 aromatic heterocycles. The van der Waals surface area contributed by atoms with Crippen LogP contribution in [0.2, 0.25) is 0 Å². The molecule has 1 aromatic rings. The molecule has 0 heterocycles. The summed E-state index contributed by atoms with van der Waals surface area (Å²) in [6, 6.07) is 8.02. The molecule has 0 saturated carbocycles. The van der Waals surface area contributed by atoms with Gasteiger partial charge in [-0.25, -0.2) is 0 Å². The third kappa shape index (κ3) is 3.05. The number of rotatable bonds is 5. The molecule has 0 aliphatic heterocycles. The molecule has 2 nitrogen and oxygen atoms in total. The second-order valence-corrected chi connectivity index (χ2v) is 3.83. The predicted octanol–water partition coefficient (Wildman–Crippen LogP) is 2.71. The summed E-state index contributed by atoms with van der Waals surface area (Å²) in [6.07, 6.45) is 1.40. The summed E-state index contributed by atoms with van der Waals surface area (Å²) < 4.78 is 5.15. The van der Waals surface area contributed by atoms with Crippen molar-refractivity contribution in [1.82, 2.24) is 0 Å². The Hall–Kier alpha value is -0.860. The minimum Gasteiger partial charge on any atom is -0.386 e. The van der Waals surface area contributed by atoms with Crippen LogP contribution in [0.1, 0.15) is 37.5 Å². The third-order valence-electron chi connectivity index (χ3n) is 2.71. The number of methoxy groups -OCH3 is 1. The van der Waals surface area contributed by atoms with Crippen molar-refractivity contribution in [1.29, 1.82) is 0 Å². The molecule has 0 bridgehead atoms. The van der Waals surface area contributed by atoms with Crippen molar-refractivity contribution in [2.75, 3.05) is 7.11 Å². The van der Waals surface area contributed by atoms with Gasteiger partial charge in [-0.3, -0.25) is 0 Å². The minimum atomic E-state index is -0.530. The molecular weight excluding hydrogens is 188 g/mol. The Bertz CT molecular complexity index is 296. The number of aliphatic hydroxyl groups is 1. The van der Waals surface area contributed by atoms with Crippen LogP contribution in [0.3, 0.4) is 0 Å². The van der Waals surface area contributed by atoms with Crippen molar-refractivity contribution < 1.29 is 9.84 Å². The van der Waals surface area contributed by atoms with Crippen LogP contribution >= 0.6 is 0 Å². The van der Waals surface area contributed by atoms with Gasteiger partial charge in [-0.15, -0.1) is 0 Å². The fourth-order valence-electron chi connectivity index (χ4n) is 1.70. The van der Waals surface area contributed by atoms with Gasteiger partial charge in [0, 0.05) is 7.11 Å². The van der Waals surface area contributed by atoms with Gasteiger partial charge < -0.3 is 9.84 Å². The lowest BCUT2D eigenvalue weighted by molar-refractivity contribution is -0.00185. The Morgan fingerprint density at radius 2 is 2.00 bits per heavy atom. The Morgan fingerprint density at radius 3 is 2.60 bits per heavy atom. The molecule has 2 unspecified atom stereocenters. The highest BCUT2D eigenvalue weighted by Crippen LogP contribution is 2.23. The van der Waals surface area contributed by atoms with Gasteiger partial charge in [0.1, 0.15) is 6.10 Å². The summed E-state index contributed by atoms with van der Waals surface area (Å²) in [5.41, 5.74) is 2.21. The van der Waals surface area contributed by atoms with E-state index in [4.69, 9.17) is 4.74 Å². The highest BCUT2D eigenvalue weighted by Gasteiger charge is 2.17. The van der Waals surface area contributed by atoms with Gasteiger partial charge in [0.15, 0.2) is 0 Å². The van der Waals surface area contributed by atoms with E-state index >= 15 is 0 Å². The molecule has 0 fully saturated rings. The van der Waals surface area contributed by atoms with Crippen LogP contribution in [-0.2, 0) is 11.2 Å². The quantitative estimate of drug-likeness (QED) is 0.806. The van der Waals surface area contributed by atoms with Crippen LogP contribution in [0.4, 0.5) is 0 Å². The molecule has 0 aliphatic carbocycles. The molecule has 0 saturated heterocycles. The standard InChI is InChI=1S/C13H20O2/c1-4-7-11-8-5-6-9-12(11)13(14)10(2)15-3/h5-6,8-10,13-14H,4,7H2,1-3H3. The first-order chi connectivity index (χ1) is 7.20. The molecule has 15 heavy (non-hydrogen) atoms. The number of hydrogen-bond donors (Lipinski definition) is 1. The molecule has 0 spiro atoms. The monoisotopic (exact) mass is 208 g/mol. The number of aryl methyl sites for hydroxylation is 1. The van der Waals surface area contributed by atoms with E-state index in [0.29, 0.717) is 0 Å². The fourth-order valence-corrected chi connectivity index (χ4v) is 1.70. The SMILES string of the molecule is CCCc1ccccc1C(O)C(C)OC. The Balaban J connectivity index is 2.91. The summed E-state index contributed by atoms with van der Waals surface area (Å²) in [7, 11) is 1.62. The fraction of sp³-hybridized carbons (Fsp3) is 0.538. The van der Waals surface area contributed by atoms with Crippen LogP contribution in [0, 0.1) is 0 Å². The number of ether oxygens (including phenoxy) is 1. The maximum atomic E-state index is 10.1. The summed E-state index contributed by atoms with van der Waals surface area (Å²) in [6.45, 7) is 4.02. The summed E-state index contributed by atoms with van der Waals surface area (Å²) in [5, 5.41) is 10.1. The van der Waals surface area contributed by atoms with Crippen LogP contribution in [0.25, 0.3) is 0 Å². The Kier molecular flexibility index (Phi) is 4.79. The summed E-state index contributed by atoms with van der Waals surface area (Å²) in [4.78, 5) is 0. The Labute approximate surface area is 91.9 Å². The van der Waals surface area contributed by atoms with Gasteiger partial charge in [-0.1, -0.05) is 37.6 Å². The first kappa shape index (κ1) is 12.2. The maximum absolute atomic E-state index is 10.1. The van der Waals surface area contributed by atoms with Gasteiger partial charge in [-0.2, -0.15) is 0 Å². The van der Waals surface area contributed by atoms with E-state index in [-0.39, 0.29) is 6.10 Å². The second kappa shape index (κ2) is 5.89. The van der Waals surface area contributed by atoms with Gasteiger partial charge in [0.2, 0.25) is 0 Å². The van der Waals surface area contributed by atoms with Crippen molar-refractivity contribution >= 4 is 0 Å². The van der Waals surface area contributed by atoms with Gasteiger partial charge in [0.25, 0.3) is 0 Å². The smallest absolute Gasteiger partial charge is 0.105 e. The van der Waals surface area contributed by atoms with E-state index in [1.54, 1.807) is 7.11 Å². The van der Waals surface area contributed by atoms with E-state index in [9.17, 15) is 5.11 Å². The van der Waals surface area contributed by atoms with E-state index in [2.05, 4.69) is 13.0 Å². The second-order valence-electron chi connectivity index (χ2n) is 3.83. The molecule has 1 aromatic carbocycles. The molecular formula is C13H20O2. The topological polar surface area (TPSA) is 29.5 Å². The molecule has 0 aliphatic rings. The zero-order valence-corrected chi connectivity index (χ0v) is 9.73. The lowest BCUT2D eigenvalue weighted by Gasteiger charge is -2.20. The number of hydrogen-bond acceptors (Lipinski definition) is 2. The van der Waals surface area contributed by atoms with Gasteiger partial charge in [0.05, 0.1) is 6.10 Å². The van der Waals surface area contributed by atoms with Crippen molar-refractivity contribution in [2.45, 2.75) is 38.9 Å². The zero-order chi connectivity index (χ0) is 11.3. The lowest BCUT2D eigenvalue weighted by atomic mass is 9.96. The third-order valence-corrected chi connectivity index (χ3v) is 2.71. The van der Waals surface area contributed by atoms with E-state index < -0.39 is 6.10 Å². The van der Waals surface area contributed by atoms with Crippen LogP contribution in [0.5, 0.6) is 0 Å².